The fraction of sp³-hybridized carbons (Fsp3) is 0.0833. The second-order valence-electron chi connectivity index (χ2n) is 3.41. The summed E-state index contributed by atoms with van der Waals surface area (Å²) in [5.41, 5.74) is 0.699. The molecule has 0 radical (unpaired) electrons. The molecule has 0 fully saturated rings. The predicted molar refractivity (Wildman–Crippen MR) is 80.7 cm³/mol. The van der Waals surface area contributed by atoms with Crippen molar-refractivity contribution in [3.8, 4) is 5.75 Å². The van der Waals surface area contributed by atoms with E-state index in [0.717, 1.165) is 8.26 Å². The number of hydrogen-bond donors (Lipinski definition) is 1. The van der Waals surface area contributed by atoms with Crippen LogP contribution in [-0.2, 0) is 0 Å². The summed E-state index contributed by atoms with van der Waals surface area (Å²) in [5, 5.41) is 2.82. The highest BCUT2D eigenvalue weighted by molar-refractivity contribution is 9.11. The molecule has 6 heteroatoms. The molecule has 0 bridgehead atoms. The van der Waals surface area contributed by atoms with E-state index in [-0.39, 0.29) is 5.91 Å². The van der Waals surface area contributed by atoms with Crippen molar-refractivity contribution in [2.24, 2.45) is 0 Å². The van der Waals surface area contributed by atoms with Crippen LogP contribution in [0.4, 0.5) is 5.69 Å². The van der Waals surface area contributed by atoms with Crippen LogP contribution in [0.15, 0.2) is 38.6 Å². The fourth-order valence-electron chi connectivity index (χ4n) is 1.37. The first-order valence-corrected chi connectivity index (χ1v) is 7.40. The molecule has 0 spiro atoms. The third-order valence-electron chi connectivity index (χ3n) is 2.21. The zero-order valence-electron chi connectivity index (χ0n) is 9.37. The molecule has 0 unspecified atom stereocenters. The summed E-state index contributed by atoms with van der Waals surface area (Å²) in [5.74, 6) is 0.551. The quantitative estimate of drug-likeness (QED) is 0.835. The number of ether oxygens (including phenoxy) is 1. The van der Waals surface area contributed by atoms with E-state index in [0.29, 0.717) is 16.3 Å². The average molecular weight is 391 g/mol. The van der Waals surface area contributed by atoms with E-state index in [2.05, 4.69) is 37.2 Å². The average Bonchev–Trinajstić information content (AvgIpc) is 2.78. The second kappa shape index (κ2) is 5.86. The van der Waals surface area contributed by atoms with Gasteiger partial charge in [-0.2, -0.15) is 0 Å². The van der Waals surface area contributed by atoms with Gasteiger partial charge in [-0.25, -0.2) is 0 Å². The minimum absolute atomic E-state index is 0.130. The van der Waals surface area contributed by atoms with Gasteiger partial charge in [0.25, 0.3) is 5.91 Å². The summed E-state index contributed by atoms with van der Waals surface area (Å²) in [6.07, 6.45) is 0. The number of nitrogens with one attached hydrogen (secondary N) is 1. The highest BCUT2D eigenvalue weighted by atomic mass is 79.9. The zero-order valence-corrected chi connectivity index (χ0v) is 13.4. The van der Waals surface area contributed by atoms with Gasteiger partial charge in [0.1, 0.15) is 5.75 Å². The van der Waals surface area contributed by atoms with Crippen molar-refractivity contribution in [2.45, 2.75) is 0 Å². The van der Waals surface area contributed by atoms with Crippen LogP contribution in [-0.4, -0.2) is 13.0 Å². The van der Waals surface area contributed by atoms with Crippen LogP contribution in [0.5, 0.6) is 5.75 Å². The van der Waals surface area contributed by atoms with E-state index in [1.165, 1.54) is 11.3 Å². The number of carbonyl (C=O) groups excluding carboxylic acids is 1. The minimum atomic E-state index is -0.130. The Bertz CT molecular complexity index is 583. The molecule has 1 aromatic carbocycles. The maximum atomic E-state index is 11.9. The third kappa shape index (κ3) is 3.13. The van der Waals surface area contributed by atoms with Gasteiger partial charge in [-0.15, -0.1) is 11.3 Å². The Labute approximate surface area is 125 Å². The van der Waals surface area contributed by atoms with E-state index >= 15 is 0 Å². The molecule has 0 atom stereocenters. The fourth-order valence-corrected chi connectivity index (χ4v) is 3.06. The number of benzene rings is 1. The van der Waals surface area contributed by atoms with Gasteiger partial charge in [-0.3, -0.25) is 4.79 Å². The molecule has 18 heavy (non-hydrogen) atoms. The molecule has 0 saturated heterocycles. The van der Waals surface area contributed by atoms with Crippen molar-refractivity contribution in [1.82, 2.24) is 0 Å². The molecule has 1 heterocycles. The van der Waals surface area contributed by atoms with Gasteiger partial charge in [0.2, 0.25) is 0 Å². The maximum Gasteiger partial charge on any atom is 0.265 e. The van der Waals surface area contributed by atoms with Crippen LogP contribution in [0.3, 0.4) is 0 Å². The van der Waals surface area contributed by atoms with Gasteiger partial charge in [0.15, 0.2) is 0 Å². The maximum absolute atomic E-state index is 11.9. The molecule has 1 aromatic heterocycles. The number of methoxy groups -OCH3 is 1. The normalized spacial score (nSPS) is 10.2. The zero-order chi connectivity index (χ0) is 13.1. The highest BCUT2D eigenvalue weighted by Crippen LogP contribution is 2.28. The molecule has 1 N–H and O–H groups in total. The van der Waals surface area contributed by atoms with Gasteiger partial charge >= 0.3 is 0 Å². The molecular weight excluding hydrogens is 382 g/mol. The van der Waals surface area contributed by atoms with E-state index in [4.69, 9.17) is 4.74 Å². The first-order valence-electron chi connectivity index (χ1n) is 5.00. The Morgan fingerprint density at radius 3 is 2.67 bits per heavy atom. The van der Waals surface area contributed by atoms with Gasteiger partial charge in [-0.05, 0) is 56.1 Å². The highest BCUT2D eigenvalue weighted by Gasteiger charge is 2.10. The standard InChI is InChI=1S/C12H9Br2NO2S/c1-17-9-6-7(2-3-8(9)13)15-12(16)10-4-5-11(14)18-10/h2-6H,1H3,(H,15,16). The Kier molecular flexibility index (Phi) is 4.42. The van der Waals surface area contributed by atoms with Crippen LogP contribution in [0.2, 0.25) is 0 Å². The first kappa shape index (κ1) is 13.6. The molecule has 2 rings (SSSR count). The Hall–Kier alpha value is -0.850. The topological polar surface area (TPSA) is 38.3 Å². The predicted octanol–water partition coefficient (Wildman–Crippen LogP) is 4.53. The first-order chi connectivity index (χ1) is 8.60. The van der Waals surface area contributed by atoms with Crippen LogP contribution in [0, 0.1) is 0 Å². The Balaban J connectivity index is 2.16. The lowest BCUT2D eigenvalue weighted by molar-refractivity contribution is 0.103. The van der Waals surface area contributed by atoms with Crippen LogP contribution >= 0.6 is 43.2 Å². The van der Waals surface area contributed by atoms with Gasteiger partial charge in [0, 0.05) is 11.8 Å². The molecule has 2 aromatic rings. The number of hydrogen-bond acceptors (Lipinski definition) is 3. The van der Waals surface area contributed by atoms with E-state index in [9.17, 15) is 4.79 Å². The summed E-state index contributed by atoms with van der Waals surface area (Å²) in [6, 6.07) is 9.04. The number of amides is 1. The van der Waals surface area contributed by atoms with E-state index < -0.39 is 0 Å². The monoisotopic (exact) mass is 389 g/mol. The van der Waals surface area contributed by atoms with Crippen LogP contribution in [0.1, 0.15) is 9.67 Å². The summed E-state index contributed by atoms with van der Waals surface area (Å²) < 4.78 is 6.95. The van der Waals surface area contributed by atoms with Gasteiger partial charge < -0.3 is 10.1 Å². The molecule has 3 nitrogen and oxygen atoms in total. The summed E-state index contributed by atoms with van der Waals surface area (Å²) in [4.78, 5) is 12.6. The van der Waals surface area contributed by atoms with Crippen molar-refractivity contribution < 1.29 is 9.53 Å². The molecule has 94 valence electrons. The van der Waals surface area contributed by atoms with Crippen molar-refractivity contribution in [3.05, 3.63) is 43.5 Å². The third-order valence-corrected chi connectivity index (χ3v) is 4.48. The van der Waals surface area contributed by atoms with Crippen molar-refractivity contribution in [1.29, 1.82) is 0 Å². The number of carbonyl (C=O) groups is 1. The number of rotatable bonds is 3. The lowest BCUT2D eigenvalue weighted by Gasteiger charge is -2.07. The Morgan fingerprint density at radius 1 is 1.28 bits per heavy atom. The molecule has 0 aliphatic rings. The van der Waals surface area contributed by atoms with E-state index in [1.807, 2.05) is 18.2 Å². The van der Waals surface area contributed by atoms with Crippen LogP contribution < -0.4 is 10.1 Å². The summed E-state index contributed by atoms with van der Waals surface area (Å²) in [7, 11) is 1.59. The lowest BCUT2D eigenvalue weighted by Crippen LogP contribution is -2.10. The van der Waals surface area contributed by atoms with E-state index in [1.54, 1.807) is 19.2 Å². The largest absolute Gasteiger partial charge is 0.495 e. The molecular formula is C12H9Br2NO2S. The second-order valence-corrected chi connectivity index (χ2v) is 6.72. The molecule has 1 amide bonds. The smallest absolute Gasteiger partial charge is 0.265 e. The molecule has 0 saturated carbocycles. The number of thiophene rings is 1. The van der Waals surface area contributed by atoms with Crippen molar-refractivity contribution in [3.63, 3.8) is 0 Å². The van der Waals surface area contributed by atoms with Gasteiger partial charge in [0.05, 0.1) is 20.2 Å². The van der Waals surface area contributed by atoms with Crippen molar-refractivity contribution >= 4 is 54.8 Å². The summed E-state index contributed by atoms with van der Waals surface area (Å²) >= 11 is 8.09. The Morgan fingerprint density at radius 2 is 2.06 bits per heavy atom. The number of anilines is 1. The van der Waals surface area contributed by atoms with Crippen molar-refractivity contribution in [2.75, 3.05) is 12.4 Å². The molecule has 0 aliphatic carbocycles. The SMILES string of the molecule is COc1cc(NC(=O)c2ccc(Br)s2)ccc1Br. The summed E-state index contributed by atoms with van der Waals surface area (Å²) in [6.45, 7) is 0. The minimum Gasteiger partial charge on any atom is -0.495 e. The van der Waals surface area contributed by atoms with Crippen LogP contribution in [0.25, 0.3) is 0 Å². The van der Waals surface area contributed by atoms with Gasteiger partial charge in [-0.1, -0.05) is 0 Å². The number of halogens is 2. The lowest BCUT2D eigenvalue weighted by atomic mass is 10.3. The molecule has 0 aliphatic heterocycles.